The van der Waals surface area contributed by atoms with Crippen LogP contribution in [0.2, 0.25) is 10.0 Å². The quantitative estimate of drug-likeness (QED) is 0.317. The monoisotopic (exact) mass is 548 g/mol. The Morgan fingerprint density at radius 2 is 1.76 bits per heavy atom. The number of alkyl halides is 7. The normalized spacial score (nSPS) is 26.9. The van der Waals surface area contributed by atoms with Crippen molar-refractivity contribution in [3.05, 3.63) is 58.1 Å². The van der Waals surface area contributed by atoms with Crippen molar-refractivity contribution in [2.75, 3.05) is 6.54 Å². The van der Waals surface area contributed by atoms with Crippen LogP contribution >= 0.6 is 34.8 Å². The third-order valence-electron chi connectivity index (χ3n) is 5.44. The molecule has 0 fully saturated rings. The Morgan fingerprint density at radius 1 is 1.12 bits per heavy atom. The molecule has 1 heterocycles. The zero-order valence-electron chi connectivity index (χ0n) is 17.1. The van der Waals surface area contributed by atoms with Crippen LogP contribution in [0.3, 0.4) is 0 Å². The second-order valence-electron chi connectivity index (χ2n) is 7.83. The molecule has 13 heteroatoms. The van der Waals surface area contributed by atoms with Crippen molar-refractivity contribution in [2.45, 2.75) is 42.1 Å². The van der Waals surface area contributed by atoms with Crippen molar-refractivity contribution in [2.24, 2.45) is 11.1 Å². The maximum atomic E-state index is 14.3. The van der Waals surface area contributed by atoms with Crippen LogP contribution in [0.15, 0.2) is 47.7 Å². The van der Waals surface area contributed by atoms with Crippen molar-refractivity contribution in [3.8, 4) is 0 Å². The number of halogens is 9. The van der Waals surface area contributed by atoms with Gasteiger partial charge in [-0.05, 0) is 18.2 Å². The second kappa shape index (κ2) is 9.62. The van der Waals surface area contributed by atoms with Crippen LogP contribution < -0.4 is 5.32 Å². The molecular weight excluding hydrogens is 533 g/mol. The molecule has 2 aliphatic rings. The second-order valence-corrected chi connectivity index (χ2v) is 9.33. The van der Waals surface area contributed by atoms with Gasteiger partial charge in [-0.2, -0.15) is 26.3 Å². The lowest BCUT2D eigenvalue weighted by molar-refractivity contribution is -0.275. The summed E-state index contributed by atoms with van der Waals surface area (Å²) >= 11 is 18.5. The van der Waals surface area contributed by atoms with Crippen LogP contribution in [0.5, 0.6) is 0 Å². The molecule has 1 amide bonds. The highest BCUT2D eigenvalue weighted by molar-refractivity contribution is 6.38. The minimum Gasteiger partial charge on any atom is -0.374 e. The summed E-state index contributed by atoms with van der Waals surface area (Å²) in [5.41, 5.74) is -3.46. The van der Waals surface area contributed by atoms with Gasteiger partial charge in [0.15, 0.2) is 0 Å². The first-order chi connectivity index (χ1) is 15.7. The van der Waals surface area contributed by atoms with E-state index >= 15 is 0 Å². The molecular formula is C21H17Cl3F6N2O2. The standard InChI is InChI=1S/C21H17Cl3F6N2O2/c22-14-7-13(8-15(23)9-14)19(21(28,29)30)10-16(32-34-19)18(24)5-2-1-3-12(18)11-31-17(33)4-6-20(25,26)27/h1-3,5,7-9,12H,4,6,10-11H2,(H,31,33). The third-order valence-corrected chi connectivity index (χ3v) is 6.51. The fourth-order valence-corrected chi connectivity index (χ4v) is 4.50. The van der Waals surface area contributed by atoms with Gasteiger partial charge in [-0.1, -0.05) is 52.7 Å². The van der Waals surface area contributed by atoms with E-state index in [1.54, 1.807) is 6.08 Å². The number of nitrogens with one attached hydrogen (secondary N) is 1. The average Bonchev–Trinajstić information content (AvgIpc) is 3.18. The van der Waals surface area contributed by atoms with E-state index in [9.17, 15) is 31.1 Å². The SMILES string of the molecule is O=C(CCC(F)(F)F)NCC1C=CC=CC1(Cl)C1=NOC(c2cc(Cl)cc(Cl)c2)(C(F)(F)F)C1. The molecule has 1 aliphatic heterocycles. The Kier molecular flexibility index (Phi) is 7.55. The van der Waals surface area contributed by atoms with Gasteiger partial charge >= 0.3 is 12.4 Å². The Balaban J connectivity index is 1.82. The number of allylic oxidation sites excluding steroid dienone is 3. The summed E-state index contributed by atoms with van der Waals surface area (Å²) in [5.74, 6) is -1.69. The zero-order valence-corrected chi connectivity index (χ0v) is 19.4. The number of nitrogens with zero attached hydrogens (tertiary/aromatic N) is 1. The molecule has 1 aromatic carbocycles. The summed E-state index contributed by atoms with van der Waals surface area (Å²) in [5, 5.41) is 5.93. The van der Waals surface area contributed by atoms with Crippen LogP contribution in [0.1, 0.15) is 24.8 Å². The number of carbonyl (C=O) groups excluding carboxylic acids is 1. The average molecular weight is 550 g/mol. The Hall–Kier alpha value is -1.91. The molecule has 34 heavy (non-hydrogen) atoms. The molecule has 0 saturated heterocycles. The summed E-state index contributed by atoms with van der Waals surface area (Å²) in [6, 6.07) is 3.40. The number of hydrogen-bond acceptors (Lipinski definition) is 3. The first-order valence-corrected chi connectivity index (χ1v) is 11.0. The third kappa shape index (κ3) is 5.66. The van der Waals surface area contributed by atoms with Gasteiger partial charge in [-0.3, -0.25) is 4.79 Å². The van der Waals surface area contributed by atoms with E-state index in [1.165, 1.54) is 24.3 Å². The van der Waals surface area contributed by atoms with Gasteiger partial charge in [-0.15, -0.1) is 11.6 Å². The molecule has 3 unspecified atom stereocenters. The highest BCUT2D eigenvalue weighted by Gasteiger charge is 2.64. The predicted molar refractivity (Wildman–Crippen MR) is 116 cm³/mol. The molecule has 3 rings (SSSR count). The smallest absolute Gasteiger partial charge is 0.374 e. The van der Waals surface area contributed by atoms with Gasteiger partial charge in [0.1, 0.15) is 4.87 Å². The van der Waals surface area contributed by atoms with Crippen molar-refractivity contribution in [3.63, 3.8) is 0 Å². The van der Waals surface area contributed by atoms with Crippen molar-refractivity contribution < 1.29 is 36.0 Å². The summed E-state index contributed by atoms with van der Waals surface area (Å²) in [4.78, 5) is 15.2. The minimum atomic E-state index is -4.94. The molecule has 0 saturated carbocycles. The first kappa shape index (κ1) is 26.7. The fraction of sp³-hybridized carbons (Fsp3) is 0.429. The number of oxime groups is 1. The number of amides is 1. The molecule has 1 N–H and O–H groups in total. The molecule has 0 aromatic heterocycles. The van der Waals surface area contributed by atoms with Crippen LogP contribution in [0, 0.1) is 5.92 Å². The summed E-state index contributed by atoms with van der Waals surface area (Å²) in [7, 11) is 0. The Bertz CT molecular complexity index is 1020. The van der Waals surface area contributed by atoms with Gasteiger partial charge < -0.3 is 10.2 Å². The van der Waals surface area contributed by atoms with E-state index in [0.717, 1.165) is 12.1 Å². The van der Waals surface area contributed by atoms with Crippen LogP contribution in [0.4, 0.5) is 26.3 Å². The molecule has 0 spiro atoms. The molecule has 0 radical (unpaired) electrons. The van der Waals surface area contributed by atoms with Crippen LogP contribution in [-0.4, -0.2) is 35.4 Å². The molecule has 1 aromatic rings. The molecule has 0 bridgehead atoms. The lowest BCUT2D eigenvalue weighted by atomic mass is 9.78. The van der Waals surface area contributed by atoms with Gasteiger partial charge in [0.2, 0.25) is 5.91 Å². The minimum absolute atomic E-state index is 0.0382. The maximum Gasteiger partial charge on any atom is 0.435 e. The van der Waals surface area contributed by atoms with Crippen LogP contribution in [-0.2, 0) is 15.2 Å². The van der Waals surface area contributed by atoms with E-state index in [-0.39, 0.29) is 27.9 Å². The van der Waals surface area contributed by atoms with Gasteiger partial charge in [0.25, 0.3) is 5.60 Å². The summed E-state index contributed by atoms with van der Waals surface area (Å²) in [6.07, 6.45) is -6.38. The van der Waals surface area contributed by atoms with Crippen molar-refractivity contribution >= 4 is 46.4 Å². The van der Waals surface area contributed by atoms with Gasteiger partial charge in [0, 0.05) is 40.9 Å². The van der Waals surface area contributed by atoms with E-state index in [0.29, 0.717) is 0 Å². The number of rotatable bonds is 6. The number of hydrogen-bond donors (Lipinski definition) is 1. The van der Waals surface area contributed by atoms with Crippen molar-refractivity contribution in [1.29, 1.82) is 0 Å². The fourth-order valence-electron chi connectivity index (χ4n) is 3.65. The van der Waals surface area contributed by atoms with Crippen LogP contribution in [0.25, 0.3) is 0 Å². The largest absolute Gasteiger partial charge is 0.435 e. The molecule has 186 valence electrons. The summed E-state index contributed by atoms with van der Waals surface area (Å²) < 4.78 is 79.8. The molecule has 4 nitrogen and oxygen atoms in total. The zero-order chi connectivity index (χ0) is 25.4. The first-order valence-electron chi connectivity index (χ1n) is 9.83. The molecule has 3 atom stereocenters. The van der Waals surface area contributed by atoms with E-state index in [4.69, 9.17) is 39.6 Å². The van der Waals surface area contributed by atoms with E-state index in [1.807, 2.05) is 0 Å². The highest BCUT2D eigenvalue weighted by atomic mass is 35.5. The van der Waals surface area contributed by atoms with Gasteiger partial charge in [-0.25, -0.2) is 0 Å². The van der Waals surface area contributed by atoms with E-state index in [2.05, 4.69) is 10.5 Å². The maximum absolute atomic E-state index is 14.3. The lowest BCUT2D eigenvalue weighted by Gasteiger charge is -2.34. The summed E-state index contributed by atoms with van der Waals surface area (Å²) in [6.45, 7) is -0.234. The predicted octanol–water partition coefficient (Wildman–Crippen LogP) is 6.71. The number of benzene rings is 1. The van der Waals surface area contributed by atoms with E-state index < -0.39 is 53.9 Å². The molecule has 1 aliphatic carbocycles. The Morgan fingerprint density at radius 3 is 2.35 bits per heavy atom. The number of carbonyl (C=O) groups is 1. The Labute approximate surface area is 205 Å². The van der Waals surface area contributed by atoms with Gasteiger partial charge in [0.05, 0.1) is 12.1 Å². The lowest BCUT2D eigenvalue weighted by Crippen LogP contribution is -2.48. The highest BCUT2D eigenvalue weighted by Crippen LogP contribution is 2.52. The van der Waals surface area contributed by atoms with Crippen molar-refractivity contribution in [1.82, 2.24) is 5.32 Å². The topological polar surface area (TPSA) is 50.7 Å².